The van der Waals surface area contributed by atoms with Crippen LogP contribution in [0.4, 0.5) is 21.7 Å². The number of nitrogens with zero attached hydrogens (tertiary/aromatic N) is 3. The van der Waals surface area contributed by atoms with E-state index in [0.717, 1.165) is 5.56 Å². The summed E-state index contributed by atoms with van der Waals surface area (Å²) in [6, 6.07) is 5.95. The molecule has 0 aliphatic heterocycles. The zero-order chi connectivity index (χ0) is 18.3. The summed E-state index contributed by atoms with van der Waals surface area (Å²) in [6.07, 6.45) is 0. The van der Waals surface area contributed by atoms with Gasteiger partial charge in [0.15, 0.2) is 5.65 Å². The molecular weight excluding hydrogens is 325 g/mol. The Morgan fingerprint density at radius 1 is 1.08 bits per heavy atom. The largest absolute Gasteiger partial charge is 0.359 e. The Morgan fingerprint density at radius 3 is 2.44 bits per heavy atom. The molecule has 0 radical (unpaired) electrons. The van der Waals surface area contributed by atoms with E-state index in [1.54, 1.807) is 33.2 Å². The predicted octanol–water partition coefficient (Wildman–Crippen LogP) is 1.87. The topological polar surface area (TPSA) is 81.0 Å². The highest BCUT2D eigenvalue weighted by atomic mass is 19.1. The molecular formula is C17H18FN5O2. The highest BCUT2D eigenvalue weighted by Gasteiger charge is 2.16. The van der Waals surface area contributed by atoms with Crippen molar-refractivity contribution in [3.05, 3.63) is 56.4 Å². The van der Waals surface area contributed by atoms with Gasteiger partial charge in [0.2, 0.25) is 5.95 Å². The average molecular weight is 343 g/mol. The highest BCUT2D eigenvalue weighted by molar-refractivity contribution is 5.91. The zero-order valence-electron chi connectivity index (χ0n) is 14.3. The van der Waals surface area contributed by atoms with Gasteiger partial charge in [0.05, 0.1) is 11.4 Å². The molecule has 7 nitrogen and oxygen atoms in total. The van der Waals surface area contributed by atoms with Crippen LogP contribution in [-0.2, 0) is 14.1 Å². The van der Waals surface area contributed by atoms with Gasteiger partial charge in [-0.2, -0.15) is 4.98 Å². The van der Waals surface area contributed by atoms with Crippen LogP contribution in [0, 0.1) is 12.7 Å². The molecule has 2 heterocycles. The number of aromatic nitrogens is 3. The maximum absolute atomic E-state index is 14.2. The van der Waals surface area contributed by atoms with E-state index in [1.807, 2.05) is 0 Å². The molecule has 0 saturated carbocycles. The molecule has 3 aromatic rings. The molecule has 8 heteroatoms. The average Bonchev–Trinajstić information content (AvgIpc) is 2.57. The van der Waals surface area contributed by atoms with E-state index < -0.39 is 5.82 Å². The number of hydrogen-bond acceptors (Lipinski definition) is 5. The summed E-state index contributed by atoms with van der Waals surface area (Å²) in [6.45, 7) is 1.78. The first-order valence-corrected chi connectivity index (χ1v) is 7.65. The second-order valence-electron chi connectivity index (χ2n) is 5.81. The smallest absolute Gasteiger partial charge is 0.266 e. The maximum Gasteiger partial charge on any atom is 0.266 e. The maximum atomic E-state index is 14.2. The normalized spacial score (nSPS) is 10.9. The molecule has 0 unspecified atom stereocenters. The predicted molar refractivity (Wildman–Crippen MR) is 96.2 cm³/mol. The number of aryl methyl sites for hydroxylation is 2. The van der Waals surface area contributed by atoms with E-state index >= 15 is 0 Å². The Hall–Kier alpha value is -3.16. The van der Waals surface area contributed by atoms with Crippen LogP contribution in [0.1, 0.15) is 5.56 Å². The van der Waals surface area contributed by atoms with Crippen LogP contribution in [-0.4, -0.2) is 21.2 Å². The quantitative estimate of drug-likeness (QED) is 0.759. The molecule has 130 valence electrons. The fraction of sp³-hybridized carbons (Fsp3) is 0.235. The lowest BCUT2D eigenvalue weighted by Crippen LogP contribution is -2.27. The fourth-order valence-electron chi connectivity index (χ4n) is 2.65. The molecule has 0 bridgehead atoms. The lowest BCUT2D eigenvalue weighted by atomic mass is 10.2. The van der Waals surface area contributed by atoms with Crippen molar-refractivity contribution in [3.63, 3.8) is 0 Å². The Balaban J connectivity index is 2.32. The molecule has 0 fully saturated rings. The molecule has 2 N–H and O–H groups in total. The summed E-state index contributed by atoms with van der Waals surface area (Å²) in [7, 11) is 4.74. The first kappa shape index (κ1) is 16.7. The Morgan fingerprint density at radius 2 is 1.80 bits per heavy atom. The lowest BCUT2D eigenvalue weighted by molar-refractivity contribution is 0.631. The number of halogens is 1. The van der Waals surface area contributed by atoms with Crippen molar-refractivity contribution in [3.8, 4) is 0 Å². The van der Waals surface area contributed by atoms with E-state index in [-0.39, 0.29) is 33.5 Å². The zero-order valence-corrected chi connectivity index (χ0v) is 14.3. The van der Waals surface area contributed by atoms with Crippen LogP contribution in [0.15, 0.2) is 33.9 Å². The number of hydrogen-bond donors (Lipinski definition) is 2. The third-order valence-corrected chi connectivity index (χ3v) is 4.07. The minimum Gasteiger partial charge on any atom is -0.359 e. The van der Waals surface area contributed by atoms with Crippen LogP contribution in [0.3, 0.4) is 0 Å². The first-order valence-electron chi connectivity index (χ1n) is 7.65. The Labute approximate surface area is 142 Å². The van der Waals surface area contributed by atoms with Gasteiger partial charge in [-0.05, 0) is 24.6 Å². The van der Waals surface area contributed by atoms with Crippen molar-refractivity contribution < 1.29 is 4.39 Å². The lowest BCUT2D eigenvalue weighted by Gasteiger charge is -2.15. The van der Waals surface area contributed by atoms with Crippen LogP contribution in [0.5, 0.6) is 0 Å². The SMILES string of the molecule is CNc1nc2c(c(Nc3ccc(C)cc3F)cc(=O)n2C)c(=O)n1C. The fourth-order valence-corrected chi connectivity index (χ4v) is 2.65. The molecule has 0 spiro atoms. The molecule has 2 aromatic heterocycles. The monoisotopic (exact) mass is 343 g/mol. The molecule has 0 aliphatic carbocycles. The number of nitrogens with one attached hydrogen (secondary N) is 2. The molecule has 1 aromatic carbocycles. The van der Waals surface area contributed by atoms with E-state index in [1.165, 1.54) is 28.3 Å². The standard InChI is InChI=1S/C17H18FN5O2/c1-9-5-6-11(10(18)7-9)20-12-8-13(24)22(3)15-14(12)16(25)23(4)17(19-2)21-15/h5-8,20H,1-4H3,(H,19,21). The van der Waals surface area contributed by atoms with Crippen LogP contribution in [0.25, 0.3) is 11.0 Å². The number of benzene rings is 1. The molecule has 3 rings (SSSR count). The third kappa shape index (κ3) is 2.75. The summed E-state index contributed by atoms with van der Waals surface area (Å²) < 4.78 is 16.8. The molecule has 0 atom stereocenters. The van der Waals surface area contributed by atoms with E-state index in [9.17, 15) is 14.0 Å². The highest BCUT2D eigenvalue weighted by Crippen LogP contribution is 2.24. The molecule has 0 aliphatic rings. The van der Waals surface area contributed by atoms with Gasteiger partial charge in [-0.25, -0.2) is 4.39 Å². The van der Waals surface area contributed by atoms with Crippen molar-refractivity contribution in [2.24, 2.45) is 14.1 Å². The van der Waals surface area contributed by atoms with Gasteiger partial charge in [-0.15, -0.1) is 0 Å². The van der Waals surface area contributed by atoms with Crippen molar-refractivity contribution >= 4 is 28.4 Å². The number of anilines is 3. The third-order valence-electron chi connectivity index (χ3n) is 4.07. The number of fused-ring (bicyclic) bond motifs is 1. The van der Waals surface area contributed by atoms with Crippen LogP contribution in [0.2, 0.25) is 0 Å². The summed E-state index contributed by atoms with van der Waals surface area (Å²) >= 11 is 0. The molecule has 0 saturated heterocycles. The van der Waals surface area contributed by atoms with Crippen LogP contribution < -0.4 is 21.8 Å². The second kappa shape index (κ2) is 6.04. The van der Waals surface area contributed by atoms with Crippen molar-refractivity contribution in [1.29, 1.82) is 0 Å². The van der Waals surface area contributed by atoms with E-state index in [2.05, 4.69) is 15.6 Å². The van der Waals surface area contributed by atoms with Gasteiger partial charge in [0.1, 0.15) is 11.2 Å². The Bertz CT molecular complexity index is 1100. The number of pyridine rings is 1. The molecule has 0 amide bonds. The second-order valence-corrected chi connectivity index (χ2v) is 5.81. The van der Waals surface area contributed by atoms with Gasteiger partial charge < -0.3 is 10.6 Å². The van der Waals surface area contributed by atoms with Gasteiger partial charge in [0, 0.05) is 27.2 Å². The summed E-state index contributed by atoms with van der Waals surface area (Å²) in [4.78, 5) is 29.3. The van der Waals surface area contributed by atoms with E-state index in [4.69, 9.17) is 0 Å². The summed E-state index contributed by atoms with van der Waals surface area (Å²) in [5.41, 5.74) is 0.685. The van der Waals surface area contributed by atoms with Gasteiger partial charge in [-0.3, -0.25) is 18.7 Å². The van der Waals surface area contributed by atoms with Crippen molar-refractivity contribution in [2.45, 2.75) is 6.92 Å². The van der Waals surface area contributed by atoms with Crippen LogP contribution >= 0.6 is 0 Å². The van der Waals surface area contributed by atoms with Gasteiger partial charge >= 0.3 is 0 Å². The van der Waals surface area contributed by atoms with Gasteiger partial charge in [-0.1, -0.05) is 6.07 Å². The summed E-state index contributed by atoms with van der Waals surface area (Å²) in [5, 5.41) is 5.88. The summed E-state index contributed by atoms with van der Waals surface area (Å²) in [5.74, 6) is -0.142. The minimum atomic E-state index is -0.467. The van der Waals surface area contributed by atoms with Crippen molar-refractivity contribution in [2.75, 3.05) is 17.7 Å². The minimum absolute atomic E-state index is 0.180. The molecule has 25 heavy (non-hydrogen) atoms. The van der Waals surface area contributed by atoms with Gasteiger partial charge in [0.25, 0.3) is 11.1 Å². The first-order chi connectivity index (χ1) is 11.8. The number of rotatable bonds is 3. The Kier molecular flexibility index (Phi) is 4.03. The van der Waals surface area contributed by atoms with E-state index in [0.29, 0.717) is 5.95 Å². The van der Waals surface area contributed by atoms with Crippen molar-refractivity contribution in [1.82, 2.24) is 14.1 Å².